The summed E-state index contributed by atoms with van der Waals surface area (Å²) in [6, 6.07) is 7.55. The number of hydrogen-bond donors (Lipinski definition) is 2. The van der Waals surface area contributed by atoms with E-state index in [2.05, 4.69) is 21.4 Å². The molecule has 11 heteroatoms. The monoisotopic (exact) mass is 500 g/mol. The SMILES string of the molecule is Cc1nc(N[C@H](C)c2cccc(C#N)c2C)c(C2OCCO2)c(C(Cl)(C(N)=O)N2CCOCC2)n1. The number of halogens is 1. The third-order valence-electron chi connectivity index (χ3n) is 6.32. The van der Waals surface area contributed by atoms with Gasteiger partial charge >= 0.3 is 0 Å². The van der Waals surface area contributed by atoms with Gasteiger partial charge in [0.25, 0.3) is 5.91 Å². The zero-order valence-electron chi connectivity index (χ0n) is 20.0. The van der Waals surface area contributed by atoms with E-state index in [0.717, 1.165) is 11.1 Å². The molecule has 0 saturated carbocycles. The first-order valence-electron chi connectivity index (χ1n) is 11.5. The van der Waals surface area contributed by atoms with E-state index in [0.29, 0.717) is 62.3 Å². The van der Waals surface area contributed by atoms with E-state index in [-0.39, 0.29) is 11.7 Å². The molecule has 2 aliphatic rings. The molecule has 0 bridgehead atoms. The molecule has 10 nitrogen and oxygen atoms in total. The van der Waals surface area contributed by atoms with Crippen LogP contribution in [0.3, 0.4) is 0 Å². The maximum atomic E-state index is 12.9. The summed E-state index contributed by atoms with van der Waals surface area (Å²) in [6.07, 6.45) is -0.828. The van der Waals surface area contributed by atoms with Crippen molar-refractivity contribution >= 4 is 23.3 Å². The number of nitrogens with one attached hydrogen (secondary N) is 1. The average Bonchev–Trinajstić information content (AvgIpc) is 3.38. The van der Waals surface area contributed by atoms with Crippen molar-refractivity contribution in [3.05, 3.63) is 52.0 Å². The number of ether oxygens (including phenoxy) is 3. The number of carbonyl (C=O) groups is 1. The van der Waals surface area contributed by atoms with Gasteiger partial charge in [0.1, 0.15) is 11.6 Å². The second-order valence-corrected chi connectivity index (χ2v) is 9.09. The van der Waals surface area contributed by atoms with E-state index in [1.165, 1.54) is 0 Å². The van der Waals surface area contributed by atoms with Gasteiger partial charge in [0.2, 0.25) is 5.00 Å². The fraction of sp³-hybridized carbons (Fsp3) is 0.500. The minimum Gasteiger partial charge on any atom is -0.379 e. The number of aromatic nitrogens is 2. The number of aryl methyl sites for hydroxylation is 1. The molecule has 0 spiro atoms. The minimum atomic E-state index is -1.75. The number of rotatable bonds is 7. The first kappa shape index (κ1) is 25.3. The maximum absolute atomic E-state index is 12.9. The molecule has 1 amide bonds. The predicted octanol–water partition coefficient (Wildman–Crippen LogP) is 2.39. The van der Waals surface area contributed by atoms with E-state index in [1.54, 1.807) is 17.9 Å². The molecule has 1 unspecified atom stereocenters. The molecular formula is C24H29ClN6O4. The van der Waals surface area contributed by atoms with Gasteiger partial charge in [0.05, 0.1) is 55.4 Å². The highest BCUT2D eigenvalue weighted by Gasteiger charge is 2.48. The molecule has 4 rings (SSSR count). The predicted molar refractivity (Wildman–Crippen MR) is 128 cm³/mol. The molecule has 2 fully saturated rings. The maximum Gasteiger partial charge on any atom is 0.259 e. The molecule has 3 heterocycles. The Kier molecular flexibility index (Phi) is 7.54. The summed E-state index contributed by atoms with van der Waals surface area (Å²) in [7, 11) is 0. The molecule has 0 aliphatic carbocycles. The number of carbonyl (C=O) groups excluding carboxylic acids is 1. The van der Waals surface area contributed by atoms with Crippen LogP contribution >= 0.6 is 11.6 Å². The van der Waals surface area contributed by atoms with E-state index in [9.17, 15) is 10.1 Å². The van der Waals surface area contributed by atoms with Gasteiger partial charge in [-0.3, -0.25) is 9.69 Å². The highest BCUT2D eigenvalue weighted by Crippen LogP contribution is 2.42. The summed E-state index contributed by atoms with van der Waals surface area (Å²) >= 11 is 7.05. The zero-order valence-corrected chi connectivity index (χ0v) is 20.8. The van der Waals surface area contributed by atoms with E-state index in [4.69, 9.17) is 31.5 Å². The lowest BCUT2D eigenvalue weighted by atomic mass is 9.97. The second-order valence-electron chi connectivity index (χ2n) is 8.54. The smallest absolute Gasteiger partial charge is 0.259 e. The first-order chi connectivity index (χ1) is 16.8. The van der Waals surface area contributed by atoms with Crippen molar-refractivity contribution in [2.24, 2.45) is 5.73 Å². The van der Waals surface area contributed by atoms with Crippen LogP contribution in [0.2, 0.25) is 0 Å². The largest absolute Gasteiger partial charge is 0.379 e. The number of nitriles is 1. The van der Waals surface area contributed by atoms with Crippen LogP contribution in [-0.4, -0.2) is 60.3 Å². The number of nitrogens with two attached hydrogens (primary N) is 1. The number of morpholine rings is 1. The Morgan fingerprint density at radius 2 is 1.94 bits per heavy atom. The summed E-state index contributed by atoms with van der Waals surface area (Å²) in [5.41, 5.74) is 8.95. The van der Waals surface area contributed by atoms with Crippen LogP contribution in [0, 0.1) is 25.2 Å². The Morgan fingerprint density at radius 3 is 2.57 bits per heavy atom. The standard InChI is InChI=1S/C24H29ClN6O4/c1-14-17(13-26)5-4-6-18(14)15(2)28-21-19(22-34-11-12-35-22)20(29-16(3)30-21)24(25,23(27)32)31-7-9-33-10-8-31/h4-6,15,22H,7-12H2,1-3H3,(H2,27,32)(H,28,29,30)/t15-,24?/m1/s1. The number of alkyl halides is 1. The number of benzene rings is 1. The Hall–Kier alpha value is -2.81. The molecular weight excluding hydrogens is 472 g/mol. The van der Waals surface area contributed by atoms with E-state index < -0.39 is 17.2 Å². The summed E-state index contributed by atoms with van der Waals surface area (Å²) in [5.74, 6) is 0.0710. The minimum absolute atomic E-state index is 0.227. The van der Waals surface area contributed by atoms with Gasteiger partial charge in [-0.05, 0) is 38.0 Å². The normalized spacial score (nSPS) is 19.6. The fourth-order valence-corrected chi connectivity index (χ4v) is 4.83. The quantitative estimate of drug-likeness (QED) is 0.433. The third-order valence-corrected chi connectivity index (χ3v) is 6.92. The zero-order chi connectivity index (χ0) is 25.2. The molecule has 1 aromatic carbocycles. The Morgan fingerprint density at radius 1 is 1.26 bits per heavy atom. The van der Waals surface area contributed by atoms with E-state index in [1.807, 2.05) is 26.0 Å². The number of hydrogen-bond acceptors (Lipinski definition) is 9. The van der Waals surface area contributed by atoms with Gasteiger partial charge in [0, 0.05) is 13.1 Å². The van der Waals surface area contributed by atoms with Crippen LogP contribution in [-0.2, 0) is 24.0 Å². The lowest BCUT2D eigenvalue weighted by Crippen LogP contribution is -2.56. The molecule has 1 aromatic heterocycles. The molecule has 3 N–H and O–H groups in total. The van der Waals surface area contributed by atoms with Crippen molar-refractivity contribution in [1.82, 2.24) is 14.9 Å². The Labute approximate surface area is 209 Å². The van der Waals surface area contributed by atoms with Crippen LogP contribution in [0.4, 0.5) is 5.82 Å². The summed E-state index contributed by atoms with van der Waals surface area (Å²) in [4.78, 5) is 22.1. The van der Waals surface area contributed by atoms with Crippen molar-refractivity contribution < 1.29 is 19.0 Å². The van der Waals surface area contributed by atoms with Crippen molar-refractivity contribution in [2.75, 3.05) is 44.8 Å². The first-order valence-corrected chi connectivity index (χ1v) is 11.8. The Bertz CT molecular complexity index is 1140. The van der Waals surface area contributed by atoms with Gasteiger partial charge in [-0.15, -0.1) is 0 Å². The van der Waals surface area contributed by atoms with Crippen LogP contribution in [0.1, 0.15) is 53.0 Å². The van der Waals surface area contributed by atoms with Crippen LogP contribution in [0.5, 0.6) is 0 Å². The van der Waals surface area contributed by atoms with Crippen molar-refractivity contribution in [1.29, 1.82) is 5.26 Å². The second kappa shape index (κ2) is 10.4. The highest BCUT2D eigenvalue weighted by molar-refractivity contribution is 6.34. The van der Waals surface area contributed by atoms with Gasteiger partial charge in [-0.2, -0.15) is 5.26 Å². The molecule has 35 heavy (non-hydrogen) atoms. The fourth-order valence-electron chi connectivity index (χ4n) is 4.51. The van der Waals surface area contributed by atoms with Crippen molar-refractivity contribution in [3.8, 4) is 6.07 Å². The topological polar surface area (TPSA) is 136 Å². The van der Waals surface area contributed by atoms with Gasteiger partial charge in [0.15, 0.2) is 6.29 Å². The summed E-state index contributed by atoms with van der Waals surface area (Å²) in [5, 5.41) is 12.9. The average molecular weight is 501 g/mol. The van der Waals surface area contributed by atoms with Crippen LogP contribution in [0.15, 0.2) is 18.2 Å². The van der Waals surface area contributed by atoms with Crippen molar-refractivity contribution in [2.45, 2.75) is 38.1 Å². The lowest BCUT2D eigenvalue weighted by Gasteiger charge is -2.39. The van der Waals surface area contributed by atoms with E-state index >= 15 is 0 Å². The molecule has 0 radical (unpaired) electrons. The van der Waals surface area contributed by atoms with Crippen LogP contribution < -0.4 is 11.1 Å². The number of amides is 1. The summed E-state index contributed by atoms with van der Waals surface area (Å²) in [6.45, 7) is 7.97. The number of primary amides is 1. The van der Waals surface area contributed by atoms with Crippen molar-refractivity contribution in [3.63, 3.8) is 0 Å². The van der Waals surface area contributed by atoms with Gasteiger partial charge in [-0.25, -0.2) is 9.97 Å². The van der Waals surface area contributed by atoms with Crippen LogP contribution in [0.25, 0.3) is 0 Å². The van der Waals surface area contributed by atoms with Gasteiger partial charge in [-0.1, -0.05) is 23.7 Å². The Balaban J connectivity index is 1.84. The molecule has 2 aliphatic heterocycles. The highest BCUT2D eigenvalue weighted by atomic mass is 35.5. The number of anilines is 1. The molecule has 2 atom stereocenters. The number of nitrogens with zero attached hydrogens (tertiary/aromatic N) is 4. The molecule has 2 aromatic rings. The van der Waals surface area contributed by atoms with Gasteiger partial charge < -0.3 is 25.3 Å². The summed E-state index contributed by atoms with van der Waals surface area (Å²) < 4.78 is 17.1. The lowest BCUT2D eigenvalue weighted by molar-refractivity contribution is -0.128. The molecule has 186 valence electrons. The molecule has 2 saturated heterocycles. The third kappa shape index (κ3) is 4.83.